The van der Waals surface area contributed by atoms with Crippen LogP contribution in [0.4, 0.5) is 17.1 Å². The Morgan fingerprint density at radius 1 is 0.216 bits per heavy atom. The maximum Gasteiger partial charge on any atom is 0.0963 e. The Kier molecular flexibility index (Phi) is 13.6. The summed E-state index contributed by atoms with van der Waals surface area (Å²) in [5, 5.41) is 4.76. The van der Waals surface area contributed by atoms with E-state index in [1.54, 1.807) is 0 Å². The molecule has 6 heteroatoms. The third-order valence-corrected chi connectivity index (χ3v) is 21.5. The van der Waals surface area contributed by atoms with Crippen LogP contribution in [0.3, 0.4) is 0 Å². The van der Waals surface area contributed by atoms with E-state index in [1.165, 1.54) is 88.6 Å². The Bertz CT molecular complexity index is 6290. The van der Waals surface area contributed by atoms with Crippen molar-refractivity contribution in [2.24, 2.45) is 0 Å². The lowest BCUT2D eigenvalue weighted by Gasteiger charge is -2.33. The van der Waals surface area contributed by atoms with Crippen LogP contribution < -0.4 is 4.90 Å². The number of anilines is 3. The van der Waals surface area contributed by atoms with Crippen molar-refractivity contribution in [2.45, 2.75) is 10.8 Å². The van der Waals surface area contributed by atoms with Crippen LogP contribution in [0.25, 0.3) is 105 Å². The molecule has 6 nitrogen and oxygen atoms in total. The predicted molar refractivity (Wildman–Crippen MR) is 421 cm³/mol. The molecule has 102 heavy (non-hydrogen) atoms. The SMILES string of the molecule is c1ccc(-n2c3ccccc3c3cc(-n4c5cc6c(cc5c5ncccc54)C(c4ccccc4)(c4ccccc4)c4ccccc4-6)ccc32)cc1.c1ccc(N(c2ccccc2)c2ccc(-n3c4cc5c(cc4c4ncccc43)C(c3ccccc3)(c3ccccc3)c3ccccc3-5)cc2)cc1. The van der Waals surface area contributed by atoms with Crippen molar-refractivity contribution < 1.29 is 0 Å². The number of rotatable bonds is 10. The minimum atomic E-state index is -0.468. The fourth-order valence-corrected chi connectivity index (χ4v) is 17.4. The fraction of sp³-hybridized carbons (Fsp3) is 0.0208. The molecule has 2 aliphatic carbocycles. The van der Waals surface area contributed by atoms with Gasteiger partial charge in [-0.15, -0.1) is 0 Å². The van der Waals surface area contributed by atoms with E-state index in [2.05, 4.69) is 389 Å². The van der Waals surface area contributed by atoms with Crippen molar-refractivity contribution in [3.05, 3.63) is 433 Å². The summed E-state index contributed by atoms with van der Waals surface area (Å²) in [4.78, 5) is 12.4. The quantitative estimate of drug-likeness (QED) is 0.137. The van der Waals surface area contributed by atoms with Gasteiger partial charge in [-0.3, -0.25) is 9.97 Å². The molecule has 0 amide bonds. The lowest BCUT2D eigenvalue weighted by atomic mass is 9.67. The molecule has 478 valence electrons. The van der Waals surface area contributed by atoms with Gasteiger partial charge >= 0.3 is 0 Å². The zero-order chi connectivity index (χ0) is 67.3. The molecule has 0 saturated heterocycles. The van der Waals surface area contributed by atoms with Crippen molar-refractivity contribution >= 4 is 82.7 Å². The molecular formula is C96H64N6. The number of fused-ring (bicyclic) bond motifs is 15. The van der Waals surface area contributed by atoms with Crippen LogP contribution in [0.15, 0.2) is 389 Å². The third-order valence-electron chi connectivity index (χ3n) is 21.5. The molecule has 0 saturated carbocycles. The van der Waals surface area contributed by atoms with Gasteiger partial charge in [0.05, 0.1) is 55.0 Å². The molecule has 0 radical (unpaired) electrons. The van der Waals surface area contributed by atoms with E-state index in [0.717, 1.165) is 78.0 Å². The molecule has 19 aromatic rings. The molecule has 2 aliphatic rings. The average Bonchev–Trinajstić information content (AvgIpc) is 1.53. The summed E-state index contributed by atoms with van der Waals surface area (Å²) < 4.78 is 7.17. The molecule has 0 aliphatic heterocycles. The Morgan fingerprint density at radius 3 is 1.05 bits per heavy atom. The summed E-state index contributed by atoms with van der Waals surface area (Å²) >= 11 is 0. The lowest BCUT2D eigenvalue weighted by molar-refractivity contribution is 0.769. The number of hydrogen-bond donors (Lipinski definition) is 0. The standard InChI is InChI=1S/C48H31N3.C48H33N3/c1-4-15-32(16-5-1)48(33-17-6-2-7-18-33)41-23-12-10-21-36(41)38-31-46-40(30-42(38)48)47-45(25-14-28-49-47)51(46)35-26-27-44-39(29-35)37-22-11-13-24-43(37)50(44)34-19-8-3-9-20-34;1-5-16-34(17-6-1)48(35-18-7-2-8-19-35)43-25-14-13-24-40(43)41-33-46-42(32-44(41)48)47-45(26-15-31-49-47)51(46)39-29-27-38(28-30-39)50(36-20-9-3-10-21-36)37-22-11-4-12-23-37/h1-31H;1-33H. The van der Waals surface area contributed by atoms with Gasteiger partial charge in [-0.1, -0.05) is 243 Å². The zero-order valence-electron chi connectivity index (χ0n) is 55.6. The van der Waals surface area contributed by atoms with Gasteiger partial charge in [-0.2, -0.15) is 0 Å². The highest BCUT2D eigenvalue weighted by Crippen LogP contribution is 2.59. The van der Waals surface area contributed by atoms with Gasteiger partial charge in [0.15, 0.2) is 0 Å². The van der Waals surface area contributed by atoms with E-state index in [4.69, 9.17) is 9.97 Å². The monoisotopic (exact) mass is 1300 g/mol. The summed E-state index contributed by atoms with van der Waals surface area (Å²) in [6.07, 6.45) is 3.84. The number of nitrogens with zero attached hydrogens (tertiary/aromatic N) is 6. The minimum absolute atomic E-state index is 0.466. The Labute approximate surface area is 590 Å². The maximum absolute atomic E-state index is 5.05. The van der Waals surface area contributed by atoms with E-state index in [-0.39, 0.29) is 0 Å². The highest BCUT2D eigenvalue weighted by molar-refractivity contribution is 6.14. The van der Waals surface area contributed by atoms with Crippen LogP contribution in [0.2, 0.25) is 0 Å². The van der Waals surface area contributed by atoms with Crippen LogP contribution in [0, 0.1) is 0 Å². The van der Waals surface area contributed by atoms with Crippen molar-refractivity contribution in [1.82, 2.24) is 23.7 Å². The predicted octanol–water partition coefficient (Wildman–Crippen LogP) is 23.7. The topological polar surface area (TPSA) is 43.8 Å². The summed E-state index contributed by atoms with van der Waals surface area (Å²) in [5.41, 5.74) is 29.9. The number of aromatic nitrogens is 5. The van der Waals surface area contributed by atoms with Gasteiger partial charge in [0.25, 0.3) is 0 Å². The average molecular weight is 1300 g/mol. The zero-order valence-corrected chi connectivity index (χ0v) is 55.6. The highest BCUT2D eigenvalue weighted by atomic mass is 15.1. The molecule has 0 unspecified atom stereocenters. The van der Waals surface area contributed by atoms with Gasteiger partial charge in [-0.25, -0.2) is 0 Å². The summed E-state index contributed by atoms with van der Waals surface area (Å²) in [6.45, 7) is 0. The first-order chi connectivity index (χ1) is 50.6. The van der Waals surface area contributed by atoms with Gasteiger partial charge < -0.3 is 18.6 Å². The Hall–Kier alpha value is -13.4. The lowest BCUT2D eigenvalue weighted by Crippen LogP contribution is -2.28. The molecule has 0 N–H and O–H groups in total. The molecule has 21 rings (SSSR count). The van der Waals surface area contributed by atoms with Gasteiger partial charge in [0, 0.05) is 68.1 Å². The Morgan fingerprint density at radius 2 is 0.569 bits per heavy atom. The van der Waals surface area contributed by atoms with Gasteiger partial charge in [-0.05, 0) is 200 Å². The third kappa shape index (κ3) is 8.79. The molecule has 0 atom stereocenters. The first-order valence-corrected chi connectivity index (χ1v) is 35.0. The first-order valence-electron chi connectivity index (χ1n) is 35.0. The number of para-hydroxylation sites is 4. The van der Waals surface area contributed by atoms with Gasteiger partial charge in [0.2, 0.25) is 0 Å². The molecule has 0 bridgehead atoms. The first kappa shape index (κ1) is 58.7. The van der Waals surface area contributed by atoms with E-state index in [9.17, 15) is 0 Å². The van der Waals surface area contributed by atoms with Gasteiger partial charge in [0.1, 0.15) is 0 Å². The minimum Gasteiger partial charge on any atom is -0.311 e. The second kappa shape index (κ2) is 23.7. The second-order valence-electron chi connectivity index (χ2n) is 26.7. The number of benzene rings is 14. The van der Waals surface area contributed by atoms with E-state index in [0.29, 0.717) is 0 Å². The van der Waals surface area contributed by atoms with Crippen molar-refractivity contribution in [3.8, 4) is 39.3 Å². The normalized spacial score (nSPS) is 13.1. The van der Waals surface area contributed by atoms with E-state index < -0.39 is 10.8 Å². The maximum atomic E-state index is 5.05. The highest BCUT2D eigenvalue weighted by Gasteiger charge is 2.48. The van der Waals surface area contributed by atoms with Crippen LogP contribution in [0.5, 0.6) is 0 Å². The van der Waals surface area contributed by atoms with Crippen LogP contribution in [-0.4, -0.2) is 23.7 Å². The molecule has 0 spiro atoms. The van der Waals surface area contributed by atoms with Crippen molar-refractivity contribution in [2.75, 3.05) is 4.90 Å². The van der Waals surface area contributed by atoms with E-state index >= 15 is 0 Å². The van der Waals surface area contributed by atoms with Crippen molar-refractivity contribution in [1.29, 1.82) is 0 Å². The Balaban J connectivity index is 0.000000137. The van der Waals surface area contributed by atoms with Crippen LogP contribution in [-0.2, 0) is 10.8 Å². The molecular weight excluding hydrogens is 1240 g/mol. The molecule has 14 aromatic carbocycles. The van der Waals surface area contributed by atoms with E-state index in [1.807, 2.05) is 18.5 Å². The summed E-state index contributed by atoms with van der Waals surface area (Å²) in [5.74, 6) is 0. The molecule has 5 aromatic heterocycles. The van der Waals surface area contributed by atoms with Crippen molar-refractivity contribution in [3.63, 3.8) is 0 Å². The van der Waals surface area contributed by atoms with Crippen LogP contribution >= 0.6 is 0 Å². The fourth-order valence-electron chi connectivity index (χ4n) is 17.4. The summed E-state index contributed by atoms with van der Waals surface area (Å²) in [7, 11) is 0. The summed E-state index contributed by atoms with van der Waals surface area (Å²) in [6, 6.07) is 136. The largest absolute Gasteiger partial charge is 0.311 e. The van der Waals surface area contributed by atoms with Crippen LogP contribution in [0.1, 0.15) is 44.5 Å². The number of pyridine rings is 2. The molecule has 5 heterocycles. The molecule has 0 fully saturated rings. The smallest absolute Gasteiger partial charge is 0.0963 e. The number of hydrogen-bond acceptors (Lipinski definition) is 3. The second-order valence-corrected chi connectivity index (χ2v) is 26.7.